The van der Waals surface area contributed by atoms with Gasteiger partial charge in [0.05, 0.1) is 6.54 Å². The minimum atomic E-state index is -0.0683. The Bertz CT molecular complexity index is 593. The summed E-state index contributed by atoms with van der Waals surface area (Å²) in [5.41, 5.74) is -0.00762. The van der Waals surface area contributed by atoms with Gasteiger partial charge in [0.1, 0.15) is 0 Å². The average molecular weight is 366 g/mol. The van der Waals surface area contributed by atoms with E-state index >= 15 is 0 Å². The van der Waals surface area contributed by atoms with Gasteiger partial charge in [-0.15, -0.1) is 0 Å². The molecule has 2 amide bonds. The lowest BCUT2D eigenvalue weighted by atomic mass is 9.80. The highest BCUT2D eigenvalue weighted by Crippen LogP contribution is 2.28. The summed E-state index contributed by atoms with van der Waals surface area (Å²) in [4.78, 5) is 18.9. The minimum Gasteiger partial charge on any atom is -0.339 e. The van der Waals surface area contributed by atoms with Gasteiger partial charge in [-0.05, 0) is 53.4 Å². The van der Waals surface area contributed by atoms with Gasteiger partial charge in [-0.25, -0.2) is 4.79 Å². The first-order chi connectivity index (χ1) is 12.0. The molecule has 2 heterocycles. The lowest BCUT2D eigenvalue weighted by Crippen LogP contribution is -2.62. The van der Waals surface area contributed by atoms with Crippen LogP contribution in [0.3, 0.4) is 0 Å². The topological polar surface area (TPSA) is 83.3 Å². The summed E-state index contributed by atoms with van der Waals surface area (Å²) in [6.07, 6.45) is 2.56. The van der Waals surface area contributed by atoms with Crippen molar-refractivity contribution in [2.24, 2.45) is 5.92 Å². The summed E-state index contributed by atoms with van der Waals surface area (Å²) in [6.45, 7) is 15.9. The first kappa shape index (κ1) is 20.7. The van der Waals surface area contributed by atoms with Crippen molar-refractivity contribution >= 4 is 6.03 Å². The maximum atomic E-state index is 12.8. The molecule has 0 unspecified atom stereocenters. The second kappa shape index (κ2) is 7.94. The molecule has 1 aliphatic heterocycles. The van der Waals surface area contributed by atoms with Crippen LogP contribution in [-0.4, -0.2) is 44.7 Å². The molecule has 0 atom stereocenters. The largest absolute Gasteiger partial charge is 0.339 e. The Morgan fingerprint density at radius 2 is 1.92 bits per heavy atom. The van der Waals surface area contributed by atoms with Gasteiger partial charge in [0.25, 0.3) is 0 Å². The van der Waals surface area contributed by atoms with Crippen molar-refractivity contribution in [1.82, 2.24) is 25.7 Å². The van der Waals surface area contributed by atoms with Gasteiger partial charge in [-0.2, -0.15) is 4.98 Å². The fourth-order valence-corrected chi connectivity index (χ4v) is 3.97. The molecule has 148 valence electrons. The van der Waals surface area contributed by atoms with Crippen LogP contribution in [0.1, 0.15) is 73.0 Å². The van der Waals surface area contributed by atoms with Crippen LogP contribution < -0.4 is 10.6 Å². The molecule has 1 aliphatic rings. The fraction of sp³-hybridized carbons (Fsp3) is 0.842. The molecule has 0 radical (unpaired) electrons. The number of nitrogens with zero attached hydrogens (tertiary/aromatic N) is 3. The summed E-state index contributed by atoms with van der Waals surface area (Å²) in [7, 11) is 0. The number of piperidine rings is 1. The Kier molecular flexibility index (Phi) is 6.32. The lowest BCUT2D eigenvalue weighted by molar-refractivity contribution is 0.138. The van der Waals surface area contributed by atoms with E-state index in [1.54, 1.807) is 4.90 Å². The van der Waals surface area contributed by atoms with Crippen molar-refractivity contribution in [2.45, 2.75) is 91.4 Å². The quantitative estimate of drug-likeness (QED) is 0.809. The highest BCUT2D eigenvalue weighted by Gasteiger charge is 2.38. The Morgan fingerprint density at radius 3 is 2.46 bits per heavy atom. The Balaban J connectivity index is 1.97. The normalized spacial score (nSPS) is 19.5. The van der Waals surface area contributed by atoms with E-state index in [2.05, 4.69) is 62.3 Å². The van der Waals surface area contributed by atoms with E-state index in [-0.39, 0.29) is 23.2 Å². The van der Waals surface area contributed by atoms with Crippen LogP contribution in [0.4, 0.5) is 4.79 Å². The second-order valence-electron chi connectivity index (χ2n) is 9.16. The third-order valence-electron chi connectivity index (χ3n) is 4.61. The zero-order chi connectivity index (χ0) is 19.5. The van der Waals surface area contributed by atoms with Crippen LogP contribution >= 0.6 is 0 Å². The van der Waals surface area contributed by atoms with E-state index in [0.29, 0.717) is 30.7 Å². The van der Waals surface area contributed by atoms with Crippen molar-refractivity contribution in [3.05, 3.63) is 11.7 Å². The van der Waals surface area contributed by atoms with E-state index in [1.807, 2.05) is 6.92 Å². The lowest BCUT2D eigenvalue weighted by Gasteiger charge is -2.46. The number of hydrogen-bond acceptors (Lipinski definition) is 5. The summed E-state index contributed by atoms with van der Waals surface area (Å²) in [6, 6.07) is 0.0748. The molecule has 26 heavy (non-hydrogen) atoms. The highest BCUT2D eigenvalue weighted by molar-refractivity contribution is 5.74. The number of urea groups is 1. The van der Waals surface area contributed by atoms with Gasteiger partial charge in [-0.1, -0.05) is 19.0 Å². The molecule has 1 saturated heterocycles. The molecular weight excluding hydrogens is 330 g/mol. The molecule has 1 fully saturated rings. The third kappa shape index (κ3) is 5.97. The minimum absolute atomic E-state index is 0.00381. The number of amides is 2. The fourth-order valence-electron chi connectivity index (χ4n) is 3.97. The predicted molar refractivity (Wildman–Crippen MR) is 102 cm³/mol. The number of carbonyl (C=O) groups is 1. The van der Waals surface area contributed by atoms with Crippen molar-refractivity contribution in [3.63, 3.8) is 0 Å². The molecule has 2 N–H and O–H groups in total. The molecule has 1 aromatic rings. The average Bonchev–Trinajstić information content (AvgIpc) is 2.87. The SMILES string of the molecule is CCN(Cc1noc(CC(C)C)n1)C(=O)NC1CC(C)(C)NC(C)(C)C1. The number of rotatable bonds is 6. The molecule has 7 heteroatoms. The van der Waals surface area contributed by atoms with E-state index in [9.17, 15) is 4.79 Å². The van der Waals surface area contributed by atoms with Gasteiger partial charge in [-0.3, -0.25) is 0 Å². The van der Waals surface area contributed by atoms with E-state index in [0.717, 1.165) is 19.3 Å². The Labute approximate surface area is 157 Å². The zero-order valence-electron chi connectivity index (χ0n) is 17.3. The number of aromatic nitrogens is 2. The summed E-state index contributed by atoms with van der Waals surface area (Å²) in [5, 5.41) is 10.9. The molecular formula is C19H35N5O2. The molecule has 0 aliphatic carbocycles. The molecule has 2 rings (SSSR count). The zero-order valence-corrected chi connectivity index (χ0v) is 17.3. The van der Waals surface area contributed by atoms with E-state index < -0.39 is 0 Å². The highest BCUT2D eigenvalue weighted by atomic mass is 16.5. The standard InChI is InChI=1S/C19H35N5O2/c1-8-24(12-15-21-16(26-22-15)9-13(2)3)17(25)20-14-10-18(4,5)23-19(6,7)11-14/h13-14,23H,8-12H2,1-7H3,(H,20,25). The van der Waals surface area contributed by atoms with Crippen LogP contribution in [0.15, 0.2) is 4.52 Å². The maximum Gasteiger partial charge on any atom is 0.318 e. The first-order valence-electron chi connectivity index (χ1n) is 9.66. The molecule has 1 aromatic heterocycles. The number of carbonyl (C=O) groups excluding carboxylic acids is 1. The van der Waals surface area contributed by atoms with Crippen molar-refractivity contribution in [1.29, 1.82) is 0 Å². The van der Waals surface area contributed by atoms with Gasteiger partial charge in [0.2, 0.25) is 5.89 Å². The maximum absolute atomic E-state index is 12.8. The van der Waals surface area contributed by atoms with Gasteiger partial charge in [0, 0.05) is 30.1 Å². The predicted octanol–water partition coefficient (Wildman–Crippen LogP) is 3.11. The molecule has 0 saturated carbocycles. The molecule has 7 nitrogen and oxygen atoms in total. The van der Waals surface area contributed by atoms with Crippen LogP contribution in [0.5, 0.6) is 0 Å². The Morgan fingerprint density at radius 1 is 1.31 bits per heavy atom. The van der Waals surface area contributed by atoms with E-state index in [4.69, 9.17) is 4.52 Å². The summed E-state index contributed by atoms with van der Waals surface area (Å²) in [5.74, 6) is 1.65. The van der Waals surface area contributed by atoms with Crippen molar-refractivity contribution < 1.29 is 9.32 Å². The molecule has 0 aromatic carbocycles. The van der Waals surface area contributed by atoms with Crippen LogP contribution in [-0.2, 0) is 13.0 Å². The number of nitrogens with one attached hydrogen (secondary N) is 2. The number of hydrogen-bond donors (Lipinski definition) is 2. The van der Waals surface area contributed by atoms with Crippen molar-refractivity contribution in [3.8, 4) is 0 Å². The van der Waals surface area contributed by atoms with Crippen LogP contribution in [0, 0.1) is 5.92 Å². The van der Waals surface area contributed by atoms with Crippen LogP contribution in [0.25, 0.3) is 0 Å². The van der Waals surface area contributed by atoms with E-state index in [1.165, 1.54) is 0 Å². The van der Waals surface area contributed by atoms with Gasteiger partial charge < -0.3 is 20.1 Å². The van der Waals surface area contributed by atoms with Gasteiger partial charge in [0.15, 0.2) is 5.82 Å². The second-order valence-corrected chi connectivity index (χ2v) is 9.16. The third-order valence-corrected chi connectivity index (χ3v) is 4.61. The molecule has 0 bridgehead atoms. The Hall–Kier alpha value is -1.63. The van der Waals surface area contributed by atoms with Crippen molar-refractivity contribution in [2.75, 3.05) is 6.54 Å². The summed E-state index contributed by atoms with van der Waals surface area (Å²) >= 11 is 0. The monoisotopic (exact) mass is 365 g/mol. The van der Waals surface area contributed by atoms with Crippen LogP contribution in [0.2, 0.25) is 0 Å². The summed E-state index contributed by atoms with van der Waals surface area (Å²) < 4.78 is 5.28. The molecule has 0 spiro atoms. The van der Waals surface area contributed by atoms with Gasteiger partial charge >= 0.3 is 6.03 Å². The smallest absolute Gasteiger partial charge is 0.318 e. The first-order valence-corrected chi connectivity index (χ1v) is 9.66.